The van der Waals surface area contributed by atoms with Crippen molar-refractivity contribution in [2.75, 3.05) is 58.5 Å². The predicted molar refractivity (Wildman–Crippen MR) is 149 cm³/mol. The summed E-state index contributed by atoms with van der Waals surface area (Å²) in [5.41, 5.74) is 2.35. The molecule has 0 radical (unpaired) electrons. The van der Waals surface area contributed by atoms with E-state index in [4.69, 9.17) is 14.2 Å². The number of anilines is 1. The van der Waals surface area contributed by atoms with Crippen molar-refractivity contribution in [3.05, 3.63) is 40.9 Å². The summed E-state index contributed by atoms with van der Waals surface area (Å²) in [6.07, 6.45) is 6.19. The fourth-order valence-corrected chi connectivity index (χ4v) is 4.73. The van der Waals surface area contributed by atoms with Crippen LogP contribution in [0.15, 0.2) is 35.4 Å². The van der Waals surface area contributed by atoms with E-state index in [0.717, 1.165) is 30.4 Å². The van der Waals surface area contributed by atoms with E-state index in [1.54, 1.807) is 42.1 Å². The number of hydrogen-bond donors (Lipinski definition) is 0. The van der Waals surface area contributed by atoms with Gasteiger partial charge in [0.05, 0.1) is 31.9 Å². The molecule has 4 rings (SSSR count). The Kier molecular flexibility index (Phi) is 9.83. The molecule has 0 aliphatic carbocycles. The number of likely N-dealkylation sites (N-methyl/N-ethyl adjacent to an activating group) is 1. The highest BCUT2D eigenvalue weighted by molar-refractivity contribution is 5.82. The van der Waals surface area contributed by atoms with Crippen LogP contribution in [0.25, 0.3) is 22.3 Å². The number of pyridine rings is 2. The molecular weight excluding hydrogens is 500 g/mol. The van der Waals surface area contributed by atoms with E-state index in [2.05, 4.69) is 15.0 Å². The Morgan fingerprint density at radius 3 is 2.69 bits per heavy atom. The first-order valence-corrected chi connectivity index (χ1v) is 13.5. The highest BCUT2D eigenvalue weighted by Crippen LogP contribution is 2.23. The zero-order valence-corrected chi connectivity index (χ0v) is 23.3. The van der Waals surface area contributed by atoms with Crippen LogP contribution < -0.4 is 15.2 Å². The number of likely N-dealkylation sites (tertiary alicyclic amines) is 1. The van der Waals surface area contributed by atoms with E-state index in [9.17, 15) is 9.59 Å². The summed E-state index contributed by atoms with van der Waals surface area (Å²) in [6.45, 7) is 7.22. The third kappa shape index (κ3) is 6.90. The van der Waals surface area contributed by atoms with Crippen LogP contribution in [-0.4, -0.2) is 90.0 Å². The van der Waals surface area contributed by atoms with Crippen LogP contribution in [0.4, 0.5) is 5.82 Å². The standard InChI is InChI=1S/C28H38N6O5/c1-5-13-38-14-12-34-23-15-21(20-9-10-24(37-4)29-16-20)17-30-26(23)31-27(28(34)36)32(3)19-25(35)33-11-7-8-22(18-33)39-6-2/h9-10,15-17,22H,5-8,11-14,18-19H2,1-4H3/t22-/m0/s1. The molecule has 39 heavy (non-hydrogen) atoms. The van der Waals surface area contributed by atoms with Crippen LogP contribution >= 0.6 is 0 Å². The quantitative estimate of drug-likeness (QED) is 0.321. The number of carbonyl (C=O) groups is 1. The number of ether oxygens (including phenoxy) is 3. The van der Waals surface area contributed by atoms with Gasteiger partial charge in [0.2, 0.25) is 11.8 Å². The Bertz CT molecular complexity index is 1310. The number of rotatable bonds is 12. The largest absolute Gasteiger partial charge is 0.481 e. The van der Waals surface area contributed by atoms with Gasteiger partial charge in [-0.2, -0.15) is 0 Å². The van der Waals surface area contributed by atoms with E-state index < -0.39 is 0 Å². The number of amides is 1. The van der Waals surface area contributed by atoms with Crippen LogP contribution in [0.5, 0.6) is 5.88 Å². The Morgan fingerprint density at radius 1 is 1.15 bits per heavy atom. The van der Waals surface area contributed by atoms with Gasteiger partial charge in [0.1, 0.15) is 0 Å². The van der Waals surface area contributed by atoms with Crippen molar-refractivity contribution < 1.29 is 19.0 Å². The second-order valence-corrected chi connectivity index (χ2v) is 9.58. The fraction of sp³-hybridized carbons (Fsp3) is 0.536. The van der Waals surface area contributed by atoms with Crippen LogP contribution in [-0.2, 0) is 20.8 Å². The van der Waals surface area contributed by atoms with Crippen molar-refractivity contribution >= 4 is 22.9 Å². The molecule has 0 spiro atoms. The summed E-state index contributed by atoms with van der Waals surface area (Å²) in [5, 5.41) is 0. The van der Waals surface area contributed by atoms with Crippen LogP contribution in [0.3, 0.4) is 0 Å². The first-order chi connectivity index (χ1) is 18.9. The van der Waals surface area contributed by atoms with Crippen molar-refractivity contribution in [3.63, 3.8) is 0 Å². The molecule has 1 fully saturated rings. The highest BCUT2D eigenvalue weighted by atomic mass is 16.5. The van der Waals surface area contributed by atoms with Gasteiger partial charge in [0, 0.05) is 69.5 Å². The normalized spacial score (nSPS) is 15.5. The van der Waals surface area contributed by atoms with E-state index in [1.807, 2.05) is 30.9 Å². The Labute approximate surface area is 228 Å². The van der Waals surface area contributed by atoms with E-state index in [1.165, 1.54) is 0 Å². The molecule has 11 nitrogen and oxygen atoms in total. The maximum atomic E-state index is 13.7. The number of hydrogen-bond acceptors (Lipinski definition) is 9. The summed E-state index contributed by atoms with van der Waals surface area (Å²) in [5.74, 6) is 0.631. The second-order valence-electron chi connectivity index (χ2n) is 9.58. The number of aromatic nitrogens is 4. The molecule has 1 atom stereocenters. The molecule has 3 aromatic heterocycles. The molecule has 11 heteroatoms. The maximum Gasteiger partial charge on any atom is 0.294 e. The number of nitrogens with zero attached hydrogens (tertiary/aromatic N) is 6. The molecule has 4 heterocycles. The zero-order valence-electron chi connectivity index (χ0n) is 23.3. The second kappa shape index (κ2) is 13.5. The van der Waals surface area contributed by atoms with Gasteiger partial charge in [-0.25, -0.2) is 15.0 Å². The predicted octanol–water partition coefficient (Wildman–Crippen LogP) is 2.75. The average Bonchev–Trinajstić information content (AvgIpc) is 2.96. The molecular formula is C28H38N6O5. The smallest absolute Gasteiger partial charge is 0.294 e. The molecule has 1 amide bonds. The Morgan fingerprint density at radius 2 is 1.97 bits per heavy atom. The SMILES string of the molecule is CCCOCCn1c(=O)c(N(C)CC(=O)N2CCC[C@H](OCC)C2)nc2ncc(-c3ccc(OC)nc3)cc21. The minimum absolute atomic E-state index is 0.0362. The summed E-state index contributed by atoms with van der Waals surface area (Å²) in [4.78, 5) is 43.7. The monoisotopic (exact) mass is 538 g/mol. The highest BCUT2D eigenvalue weighted by Gasteiger charge is 2.26. The minimum atomic E-state index is -0.296. The van der Waals surface area contributed by atoms with Crippen molar-refractivity contribution in [1.29, 1.82) is 0 Å². The lowest BCUT2D eigenvalue weighted by Gasteiger charge is -2.33. The van der Waals surface area contributed by atoms with Crippen molar-refractivity contribution in [3.8, 4) is 17.0 Å². The number of carbonyl (C=O) groups excluding carboxylic acids is 1. The molecule has 1 aliphatic rings. The lowest BCUT2D eigenvalue weighted by atomic mass is 10.1. The summed E-state index contributed by atoms with van der Waals surface area (Å²) in [6, 6.07) is 5.55. The molecule has 3 aromatic rings. The molecule has 0 N–H and O–H groups in total. The zero-order chi connectivity index (χ0) is 27.8. The molecule has 0 bridgehead atoms. The van der Waals surface area contributed by atoms with Gasteiger partial charge in [0.25, 0.3) is 5.56 Å². The lowest BCUT2D eigenvalue weighted by Crippen LogP contribution is -2.47. The molecule has 0 aromatic carbocycles. The van der Waals surface area contributed by atoms with E-state index in [0.29, 0.717) is 56.5 Å². The molecule has 0 saturated carbocycles. The number of methoxy groups -OCH3 is 1. The van der Waals surface area contributed by atoms with Gasteiger partial charge in [-0.15, -0.1) is 0 Å². The lowest BCUT2D eigenvalue weighted by molar-refractivity contribution is -0.133. The third-order valence-corrected chi connectivity index (χ3v) is 6.74. The van der Waals surface area contributed by atoms with Gasteiger partial charge in [0.15, 0.2) is 11.5 Å². The van der Waals surface area contributed by atoms with Crippen LogP contribution in [0, 0.1) is 0 Å². The van der Waals surface area contributed by atoms with Gasteiger partial charge < -0.3 is 24.0 Å². The van der Waals surface area contributed by atoms with Crippen molar-refractivity contribution in [2.45, 2.75) is 45.8 Å². The van der Waals surface area contributed by atoms with Gasteiger partial charge in [-0.1, -0.05) is 6.92 Å². The third-order valence-electron chi connectivity index (χ3n) is 6.74. The first kappa shape index (κ1) is 28.4. The summed E-state index contributed by atoms with van der Waals surface area (Å²) >= 11 is 0. The number of fused-ring (bicyclic) bond motifs is 1. The topological polar surface area (TPSA) is 112 Å². The maximum absolute atomic E-state index is 13.7. The summed E-state index contributed by atoms with van der Waals surface area (Å²) < 4.78 is 18.2. The average molecular weight is 539 g/mol. The van der Waals surface area contributed by atoms with Gasteiger partial charge >= 0.3 is 0 Å². The van der Waals surface area contributed by atoms with Crippen molar-refractivity contribution in [1.82, 2.24) is 24.4 Å². The minimum Gasteiger partial charge on any atom is -0.481 e. The number of piperidine rings is 1. The fourth-order valence-electron chi connectivity index (χ4n) is 4.73. The first-order valence-electron chi connectivity index (χ1n) is 13.5. The van der Waals surface area contributed by atoms with Crippen LogP contribution in [0.1, 0.15) is 33.1 Å². The van der Waals surface area contributed by atoms with E-state index in [-0.39, 0.29) is 29.9 Å². The molecule has 210 valence electrons. The molecule has 0 unspecified atom stereocenters. The molecule has 1 aliphatic heterocycles. The van der Waals surface area contributed by atoms with Crippen molar-refractivity contribution in [2.24, 2.45) is 0 Å². The summed E-state index contributed by atoms with van der Waals surface area (Å²) in [7, 11) is 3.28. The Balaban J connectivity index is 1.63. The van der Waals surface area contributed by atoms with Gasteiger partial charge in [-0.3, -0.25) is 14.2 Å². The van der Waals surface area contributed by atoms with Crippen LogP contribution in [0.2, 0.25) is 0 Å². The Hall–Kier alpha value is -3.57. The molecule has 1 saturated heterocycles. The van der Waals surface area contributed by atoms with Gasteiger partial charge in [-0.05, 0) is 38.3 Å². The van der Waals surface area contributed by atoms with E-state index >= 15 is 0 Å².